The summed E-state index contributed by atoms with van der Waals surface area (Å²) in [5.74, 6) is 0.583. The number of fused-ring (bicyclic) bond motifs is 1. The molecule has 0 aliphatic carbocycles. The van der Waals surface area contributed by atoms with Gasteiger partial charge in [0.25, 0.3) is 0 Å². The first kappa shape index (κ1) is 22.5. The van der Waals surface area contributed by atoms with Crippen LogP contribution in [0.4, 0.5) is 16.1 Å². The standard InChI is InChI=1S/C22H27N7OS2/c1-5-31-19-7-6-17(12-14(19)2)15(3)28-9-8-18-13-20(27-29(18)11-10-28)24-22-26-25-21(32-22)23-16(4)30/h5-7,12-13,15H,1,8-11H2,2-4H3,(H,23,25,30)(H,24,26,27). The fourth-order valence-corrected chi connectivity index (χ4v) is 5.11. The molecular formula is C22H27N7OS2. The Bertz CT molecular complexity index is 1100. The van der Waals surface area contributed by atoms with Crippen LogP contribution in [0.1, 0.15) is 36.7 Å². The van der Waals surface area contributed by atoms with Crippen LogP contribution in [-0.4, -0.2) is 43.9 Å². The third-order valence-corrected chi connectivity index (χ3v) is 7.13. The van der Waals surface area contributed by atoms with Crippen LogP contribution < -0.4 is 10.6 Å². The molecule has 0 radical (unpaired) electrons. The number of carbonyl (C=O) groups excluding carboxylic acids is 1. The molecule has 3 heterocycles. The van der Waals surface area contributed by atoms with E-state index in [1.807, 2.05) is 5.41 Å². The first-order chi connectivity index (χ1) is 15.4. The van der Waals surface area contributed by atoms with Gasteiger partial charge in [-0.1, -0.05) is 41.8 Å². The number of amides is 1. The molecule has 0 spiro atoms. The van der Waals surface area contributed by atoms with Crippen molar-refractivity contribution in [2.24, 2.45) is 0 Å². The van der Waals surface area contributed by atoms with Crippen LogP contribution in [0.25, 0.3) is 0 Å². The highest BCUT2D eigenvalue weighted by molar-refractivity contribution is 8.02. The summed E-state index contributed by atoms with van der Waals surface area (Å²) in [5.41, 5.74) is 3.82. The van der Waals surface area contributed by atoms with Gasteiger partial charge < -0.3 is 10.6 Å². The molecule has 0 fully saturated rings. The first-order valence-electron chi connectivity index (χ1n) is 10.5. The zero-order valence-corrected chi connectivity index (χ0v) is 20.1. The average molecular weight is 470 g/mol. The minimum atomic E-state index is -0.165. The molecule has 0 saturated heterocycles. The van der Waals surface area contributed by atoms with Crippen molar-refractivity contribution in [2.75, 3.05) is 23.7 Å². The maximum atomic E-state index is 11.2. The van der Waals surface area contributed by atoms with Gasteiger partial charge in [0.05, 0.1) is 6.54 Å². The van der Waals surface area contributed by atoms with Gasteiger partial charge in [0.1, 0.15) is 0 Å². The van der Waals surface area contributed by atoms with E-state index < -0.39 is 0 Å². The largest absolute Gasteiger partial charge is 0.313 e. The number of rotatable bonds is 7. The van der Waals surface area contributed by atoms with Crippen LogP contribution in [0.2, 0.25) is 0 Å². The smallest absolute Gasteiger partial charge is 0.223 e. The second kappa shape index (κ2) is 9.85. The predicted octanol–water partition coefficient (Wildman–Crippen LogP) is 4.60. The van der Waals surface area contributed by atoms with Gasteiger partial charge in [-0.15, -0.1) is 10.2 Å². The summed E-state index contributed by atoms with van der Waals surface area (Å²) in [4.78, 5) is 14.9. The third kappa shape index (κ3) is 5.20. The second-order valence-electron chi connectivity index (χ2n) is 7.73. The number of hydrogen-bond donors (Lipinski definition) is 2. The van der Waals surface area contributed by atoms with Gasteiger partial charge in [-0.25, -0.2) is 0 Å². The fraction of sp³-hybridized carbons (Fsp3) is 0.364. The van der Waals surface area contributed by atoms with Crippen LogP contribution >= 0.6 is 23.1 Å². The van der Waals surface area contributed by atoms with Crippen LogP contribution in [-0.2, 0) is 17.8 Å². The highest BCUT2D eigenvalue weighted by atomic mass is 32.2. The van der Waals surface area contributed by atoms with Crippen LogP contribution in [0.3, 0.4) is 0 Å². The number of aromatic nitrogens is 4. The van der Waals surface area contributed by atoms with Crippen molar-refractivity contribution >= 4 is 45.1 Å². The van der Waals surface area contributed by atoms with Crippen molar-refractivity contribution in [2.45, 2.75) is 44.7 Å². The van der Waals surface area contributed by atoms with Gasteiger partial charge in [0.2, 0.25) is 16.2 Å². The van der Waals surface area contributed by atoms with Gasteiger partial charge in [0.15, 0.2) is 5.82 Å². The maximum Gasteiger partial charge on any atom is 0.223 e. The van der Waals surface area contributed by atoms with E-state index in [9.17, 15) is 4.79 Å². The number of benzene rings is 1. The number of anilines is 3. The molecule has 2 N–H and O–H groups in total. The first-order valence-corrected chi connectivity index (χ1v) is 12.2. The van der Waals surface area contributed by atoms with Crippen molar-refractivity contribution in [3.8, 4) is 0 Å². The molecular weight excluding hydrogens is 442 g/mol. The summed E-state index contributed by atoms with van der Waals surface area (Å²) in [6.07, 6.45) is 0.926. The quantitative estimate of drug-likeness (QED) is 0.489. The fourth-order valence-electron chi connectivity index (χ4n) is 3.84. The number of thioether (sulfide) groups is 1. The maximum absolute atomic E-state index is 11.2. The van der Waals surface area contributed by atoms with Crippen molar-refractivity contribution in [1.29, 1.82) is 0 Å². The lowest BCUT2D eigenvalue weighted by atomic mass is 10.0. The Labute approximate surface area is 196 Å². The minimum Gasteiger partial charge on any atom is -0.313 e. The van der Waals surface area contributed by atoms with E-state index in [1.165, 1.54) is 40.0 Å². The van der Waals surface area contributed by atoms with Gasteiger partial charge in [-0.3, -0.25) is 14.4 Å². The monoisotopic (exact) mass is 469 g/mol. The molecule has 4 rings (SSSR count). The number of carbonyl (C=O) groups is 1. The van der Waals surface area contributed by atoms with Crippen LogP contribution in [0.15, 0.2) is 41.1 Å². The molecule has 10 heteroatoms. The summed E-state index contributed by atoms with van der Waals surface area (Å²) in [6, 6.07) is 9.12. The molecule has 1 amide bonds. The van der Waals surface area contributed by atoms with E-state index >= 15 is 0 Å². The van der Waals surface area contributed by atoms with Crippen molar-refractivity contribution in [3.63, 3.8) is 0 Å². The molecule has 32 heavy (non-hydrogen) atoms. The number of nitrogens with zero attached hydrogens (tertiary/aromatic N) is 5. The van der Waals surface area contributed by atoms with Crippen molar-refractivity contribution in [3.05, 3.63) is 53.1 Å². The Morgan fingerprint density at radius 1 is 1.25 bits per heavy atom. The summed E-state index contributed by atoms with van der Waals surface area (Å²) in [6.45, 7) is 12.4. The predicted molar refractivity (Wildman–Crippen MR) is 131 cm³/mol. The summed E-state index contributed by atoms with van der Waals surface area (Å²) >= 11 is 2.95. The van der Waals surface area contributed by atoms with E-state index in [1.54, 1.807) is 11.8 Å². The molecule has 1 aliphatic heterocycles. The van der Waals surface area contributed by atoms with Gasteiger partial charge >= 0.3 is 0 Å². The molecule has 3 aromatic rings. The topological polar surface area (TPSA) is 88.0 Å². The Balaban J connectivity index is 1.39. The highest BCUT2D eigenvalue weighted by Crippen LogP contribution is 2.29. The zero-order valence-electron chi connectivity index (χ0n) is 18.5. The van der Waals surface area contributed by atoms with Gasteiger partial charge in [-0.2, -0.15) is 5.10 Å². The molecule has 1 unspecified atom stereocenters. The van der Waals surface area contributed by atoms with Crippen molar-refractivity contribution in [1.82, 2.24) is 24.9 Å². The molecule has 2 aromatic heterocycles. The number of nitrogens with one attached hydrogen (secondary N) is 2. The van der Waals surface area contributed by atoms with Crippen LogP contribution in [0, 0.1) is 6.92 Å². The normalized spacial score (nSPS) is 15.0. The third-order valence-electron chi connectivity index (χ3n) is 5.50. The van der Waals surface area contributed by atoms with E-state index in [0.717, 1.165) is 31.9 Å². The van der Waals surface area contributed by atoms with E-state index in [2.05, 4.69) is 75.1 Å². The molecule has 0 saturated carbocycles. The molecule has 1 aliphatic rings. The molecule has 168 valence electrons. The average Bonchev–Trinajstić information content (AvgIpc) is 3.30. The number of aryl methyl sites for hydroxylation is 1. The van der Waals surface area contributed by atoms with E-state index in [0.29, 0.717) is 16.3 Å². The molecule has 0 bridgehead atoms. The summed E-state index contributed by atoms with van der Waals surface area (Å²) in [5, 5.41) is 21.5. The minimum absolute atomic E-state index is 0.165. The van der Waals surface area contributed by atoms with Gasteiger partial charge in [0, 0.05) is 49.1 Å². The Morgan fingerprint density at radius 2 is 2.06 bits per heavy atom. The lowest BCUT2D eigenvalue weighted by molar-refractivity contribution is -0.114. The molecule has 1 atom stereocenters. The second-order valence-corrected chi connectivity index (χ2v) is 9.72. The van der Waals surface area contributed by atoms with E-state index in [4.69, 9.17) is 5.10 Å². The summed E-state index contributed by atoms with van der Waals surface area (Å²) in [7, 11) is 0. The Morgan fingerprint density at radius 3 is 2.81 bits per heavy atom. The van der Waals surface area contributed by atoms with Crippen LogP contribution in [0.5, 0.6) is 0 Å². The Hall–Kier alpha value is -2.69. The SMILES string of the molecule is C=CSc1ccc(C(C)N2CCc3cc(Nc4nnc(NC(C)=O)s4)nn3CC2)cc1C. The van der Waals surface area contributed by atoms with E-state index in [-0.39, 0.29) is 5.91 Å². The molecule has 8 nitrogen and oxygen atoms in total. The van der Waals surface area contributed by atoms with Crippen molar-refractivity contribution < 1.29 is 4.79 Å². The lowest BCUT2D eigenvalue weighted by Crippen LogP contribution is -2.30. The number of hydrogen-bond acceptors (Lipinski definition) is 8. The lowest BCUT2D eigenvalue weighted by Gasteiger charge is -2.28. The summed E-state index contributed by atoms with van der Waals surface area (Å²) < 4.78 is 2.07. The van der Waals surface area contributed by atoms with Gasteiger partial charge in [-0.05, 0) is 36.4 Å². The Kier molecular flexibility index (Phi) is 6.92. The molecule has 1 aromatic carbocycles. The zero-order chi connectivity index (χ0) is 22.7. The highest BCUT2D eigenvalue weighted by Gasteiger charge is 2.21.